The van der Waals surface area contributed by atoms with Crippen LogP contribution in [0.15, 0.2) is 47.2 Å². The van der Waals surface area contributed by atoms with Crippen LogP contribution in [0.2, 0.25) is 0 Å². The molecule has 0 unspecified atom stereocenters. The van der Waals surface area contributed by atoms with Gasteiger partial charge in [-0.3, -0.25) is 4.79 Å². The molecule has 146 valence electrons. The molecule has 5 heteroatoms. The highest BCUT2D eigenvalue weighted by Crippen LogP contribution is 2.38. The van der Waals surface area contributed by atoms with Crippen molar-refractivity contribution in [2.24, 2.45) is 0 Å². The van der Waals surface area contributed by atoms with Crippen molar-refractivity contribution < 1.29 is 9.21 Å². The van der Waals surface area contributed by atoms with Crippen molar-refractivity contribution in [1.29, 1.82) is 0 Å². The molecule has 2 aromatic heterocycles. The van der Waals surface area contributed by atoms with E-state index < -0.39 is 0 Å². The van der Waals surface area contributed by atoms with Crippen LogP contribution in [-0.2, 0) is 13.0 Å². The van der Waals surface area contributed by atoms with E-state index in [1.165, 1.54) is 46.6 Å². The molecule has 1 fully saturated rings. The minimum absolute atomic E-state index is 0.262. The van der Waals surface area contributed by atoms with Crippen LogP contribution in [0.25, 0.3) is 33.3 Å². The molecule has 0 aliphatic heterocycles. The second-order valence-corrected chi connectivity index (χ2v) is 8.21. The maximum atomic E-state index is 12.4. The third-order valence-electron chi connectivity index (χ3n) is 6.59. The molecule has 4 aromatic rings. The van der Waals surface area contributed by atoms with E-state index in [0.717, 1.165) is 30.6 Å². The molecular weight excluding hydrogens is 362 g/mol. The number of fused-ring (bicyclic) bond motifs is 5. The lowest BCUT2D eigenvalue weighted by atomic mass is 9.93. The number of Topliss-reactive ketones (excluding diaryl/α,β-unsaturated/α-hetero) is 1. The van der Waals surface area contributed by atoms with Crippen molar-refractivity contribution >= 4 is 27.6 Å². The molecule has 29 heavy (non-hydrogen) atoms. The first-order valence-electron chi connectivity index (χ1n) is 10.5. The van der Waals surface area contributed by atoms with Crippen LogP contribution < -0.4 is 5.32 Å². The SMILES string of the molecule is O=C1CCc2c1ccc1c2c2cc(-c3ncco3)ccc2n1CCNC1CCC1. The van der Waals surface area contributed by atoms with Crippen LogP contribution in [0.3, 0.4) is 0 Å². The van der Waals surface area contributed by atoms with E-state index in [4.69, 9.17) is 4.42 Å². The van der Waals surface area contributed by atoms with Gasteiger partial charge in [0.2, 0.25) is 5.89 Å². The standard InChI is InChI=1S/C24H23N3O2/c28-22-9-6-18-17(22)5-8-21-23(18)19-14-15(24-26-11-13-29-24)4-7-20(19)27(21)12-10-25-16-2-1-3-16/h4-5,7-8,11,13-14,16,25H,1-3,6,9-10,12H2. The van der Waals surface area contributed by atoms with Gasteiger partial charge in [-0.25, -0.2) is 4.98 Å². The van der Waals surface area contributed by atoms with Crippen molar-refractivity contribution in [3.8, 4) is 11.5 Å². The molecule has 0 atom stereocenters. The lowest BCUT2D eigenvalue weighted by molar-refractivity contribution is 0.0994. The molecule has 1 saturated carbocycles. The molecule has 2 aliphatic carbocycles. The van der Waals surface area contributed by atoms with Crippen molar-refractivity contribution in [1.82, 2.24) is 14.9 Å². The van der Waals surface area contributed by atoms with Gasteiger partial charge in [-0.15, -0.1) is 0 Å². The zero-order chi connectivity index (χ0) is 19.4. The van der Waals surface area contributed by atoms with E-state index in [1.807, 2.05) is 6.07 Å². The Bertz CT molecular complexity index is 1230. The topological polar surface area (TPSA) is 60.1 Å². The predicted octanol–water partition coefficient (Wildman–Crippen LogP) is 4.72. The molecule has 5 nitrogen and oxygen atoms in total. The summed E-state index contributed by atoms with van der Waals surface area (Å²) in [5.74, 6) is 0.890. The van der Waals surface area contributed by atoms with Gasteiger partial charge in [0.05, 0.1) is 6.20 Å². The van der Waals surface area contributed by atoms with E-state index in [1.54, 1.807) is 12.5 Å². The van der Waals surface area contributed by atoms with E-state index in [0.29, 0.717) is 18.4 Å². The third-order valence-corrected chi connectivity index (χ3v) is 6.59. The highest BCUT2D eigenvalue weighted by Gasteiger charge is 2.25. The van der Waals surface area contributed by atoms with Gasteiger partial charge >= 0.3 is 0 Å². The normalized spacial score (nSPS) is 16.6. The number of nitrogens with zero attached hydrogens (tertiary/aromatic N) is 2. The van der Waals surface area contributed by atoms with Gasteiger partial charge in [0.1, 0.15) is 6.26 Å². The fourth-order valence-electron chi connectivity index (χ4n) is 4.89. The lowest BCUT2D eigenvalue weighted by Gasteiger charge is -2.26. The van der Waals surface area contributed by atoms with Gasteiger partial charge in [0.25, 0.3) is 0 Å². The second kappa shape index (κ2) is 6.56. The molecule has 2 heterocycles. The Morgan fingerprint density at radius 3 is 2.83 bits per heavy atom. The Hall–Kier alpha value is -2.92. The molecule has 0 amide bonds. The van der Waals surface area contributed by atoms with Gasteiger partial charge in [0.15, 0.2) is 5.78 Å². The molecule has 6 rings (SSSR count). The Morgan fingerprint density at radius 2 is 2.03 bits per heavy atom. The van der Waals surface area contributed by atoms with Crippen LogP contribution in [0.1, 0.15) is 41.6 Å². The van der Waals surface area contributed by atoms with Crippen molar-refractivity contribution in [2.75, 3.05) is 6.54 Å². The van der Waals surface area contributed by atoms with E-state index >= 15 is 0 Å². The number of hydrogen-bond acceptors (Lipinski definition) is 4. The molecule has 1 N–H and O–H groups in total. The van der Waals surface area contributed by atoms with Gasteiger partial charge in [0, 0.05) is 58.5 Å². The van der Waals surface area contributed by atoms with Gasteiger partial charge in [-0.1, -0.05) is 6.42 Å². The Labute approximate surface area is 168 Å². The summed E-state index contributed by atoms with van der Waals surface area (Å²) in [6.07, 6.45) is 8.65. The smallest absolute Gasteiger partial charge is 0.225 e. The number of oxazole rings is 1. The quantitative estimate of drug-likeness (QED) is 0.540. The summed E-state index contributed by atoms with van der Waals surface area (Å²) in [6.45, 7) is 1.88. The number of ketones is 1. The molecule has 0 bridgehead atoms. The van der Waals surface area contributed by atoms with Crippen molar-refractivity contribution in [2.45, 2.75) is 44.7 Å². The van der Waals surface area contributed by atoms with E-state index in [9.17, 15) is 4.79 Å². The largest absolute Gasteiger partial charge is 0.445 e. The number of rotatable bonds is 5. The number of hydrogen-bond donors (Lipinski definition) is 1. The van der Waals surface area contributed by atoms with Crippen LogP contribution in [-0.4, -0.2) is 27.9 Å². The summed E-state index contributed by atoms with van der Waals surface area (Å²) in [5, 5.41) is 6.09. The number of aromatic nitrogens is 2. The maximum absolute atomic E-state index is 12.4. The number of carbonyl (C=O) groups is 1. The third kappa shape index (κ3) is 2.64. The zero-order valence-electron chi connectivity index (χ0n) is 16.3. The van der Waals surface area contributed by atoms with Crippen LogP contribution >= 0.6 is 0 Å². The first kappa shape index (κ1) is 17.0. The average molecular weight is 385 g/mol. The fraction of sp³-hybridized carbons (Fsp3) is 0.333. The van der Waals surface area contributed by atoms with Crippen LogP contribution in [0, 0.1) is 0 Å². The monoisotopic (exact) mass is 385 g/mol. The predicted molar refractivity (Wildman–Crippen MR) is 113 cm³/mol. The molecular formula is C24H23N3O2. The maximum Gasteiger partial charge on any atom is 0.225 e. The van der Waals surface area contributed by atoms with Gasteiger partial charge < -0.3 is 14.3 Å². The van der Waals surface area contributed by atoms with Gasteiger partial charge in [-0.2, -0.15) is 0 Å². The Balaban J connectivity index is 1.52. The van der Waals surface area contributed by atoms with Crippen molar-refractivity contribution in [3.05, 3.63) is 53.9 Å². The first-order chi connectivity index (χ1) is 14.3. The van der Waals surface area contributed by atoms with Crippen LogP contribution in [0.4, 0.5) is 0 Å². The summed E-state index contributed by atoms with van der Waals surface area (Å²) >= 11 is 0. The number of benzene rings is 2. The highest BCUT2D eigenvalue weighted by molar-refractivity contribution is 6.15. The summed E-state index contributed by atoms with van der Waals surface area (Å²) in [7, 11) is 0. The molecule has 2 aromatic carbocycles. The zero-order valence-corrected chi connectivity index (χ0v) is 16.3. The average Bonchev–Trinajstić information content (AvgIpc) is 3.42. The first-order valence-corrected chi connectivity index (χ1v) is 10.5. The molecule has 0 spiro atoms. The summed E-state index contributed by atoms with van der Waals surface area (Å²) in [4.78, 5) is 16.7. The Morgan fingerprint density at radius 1 is 1.14 bits per heavy atom. The summed E-state index contributed by atoms with van der Waals surface area (Å²) in [5.41, 5.74) is 5.49. The molecule has 0 saturated heterocycles. The number of nitrogens with one attached hydrogen (secondary N) is 1. The number of carbonyl (C=O) groups excluding carboxylic acids is 1. The summed E-state index contributed by atoms with van der Waals surface area (Å²) < 4.78 is 7.93. The Kier molecular flexibility index (Phi) is 3.84. The molecule has 0 radical (unpaired) electrons. The van der Waals surface area contributed by atoms with Gasteiger partial charge in [-0.05, 0) is 55.2 Å². The fourth-order valence-corrected chi connectivity index (χ4v) is 4.89. The minimum atomic E-state index is 0.262. The van der Waals surface area contributed by atoms with Crippen LogP contribution in [0.5, 0.6) is 0 Å². The minimum Gasteiger partial charge on any atom is -0.445 e. The number of aryl methyl sites for hydroxylation is 1. The lowest BCUT2D eigenvalue weighted by Crippen LogP contribution is -2.36. The molecule has 2 aliphatic rings. The summed E-state index contributed by atoms with van der Waals surface area (Å²) in [6, 6.07) is 11.3. The van der Waals surface area contributed by atoms with Crippen molar-refractivity contribution in [3.63, 3.8) is 0 Å². The van der Waals surface area contributed by atoms with E-state index in [-0.39, 0.29) is 5.78 Å². The highest BCUT2D eigenvalue weighted by atomic mass is 16.3. The van der Waals surface area contributed by atoms with E-state index in [2.05, 4.69) is 39.1 Å². The second-order valence-electron chi connectivity index (χ2n) is 8.21.